The highest BCUT2D eigenvalue weighted by molar-refractivity contribution is 5.97. The molecule has 0 radical (unpaired) electrons. The second kappa shape index (κ2) is 7.08. The van der Waals surface area contributed by atoms with Crippen LogP contribution in [0.4, 0.5) is 0 Å². The number of amides is 1. The predicted octanol–water partition coefficient (Wildman–Crippen LogP) is 1.30. The average molecular weight is 293 g/mol. The lowest BCUT2D eigenvalue weighted by Gasteiger charge is -2.14. The van der Waals surface area contributed by atoms with Gasteiger partial charge in [-0.15, -0.1) is 0 Å². The van der Waals surface area contributed by atoms with Gasteiger partial charge in [0.25, 0.3) is 5.91 Å². The molecule has 1 fully saturated rings. The topological polar surface area (TPSA) is 84.9 Å². The van der Waals surface area contributed by atoms with Crippen LogP contribution in [0.5, 0.6) is 5.75 Å². The number of carbonyl (C=O) groups excluding carboxylic acids is 1. The Bertz CT molecular complexity index is 513. The van der Waals surface area contributed by atoms with Crippen molar-refractivity contribution in [1.29, 1.82) is 0 Å². The molecule has 21 heavy (non-hydrogen) atoms. The molecule has 0 bridgehead atoms. The second-order valence-electron chi connectivity index (χ2n) is 5.02. The number of ether oxygens (including phenoxy) is 2. The van der Waals surface area contributed by atoms with E-state index in [1.165, 1.54) is 20.0 Å². The van der Waals surface area contributed by atoms with Crippen molar-refractivity contribution in [3.8, 4) is 5.75 Å². The number of nitrogens with one attached hydrogen (secondary N) is 1. The third-order valence-corrected chi connectivity index (χ3v) is 3.31. The normalized spacial score (nSPS) is 15.3. The van der Waals surface area contributed by atoms with Crippen molar-refractivity contribution >= 4 is 11.9 Å². The number of methoxy groups -OCH3 is 1. The Morgan fingerprint density at radius 3 is 2.71 bits per heavy atom. The summed E-state index contributed by atoms with van der Waals surface area (Å²) in [6.07, 6.45) is 1.28. The summed E-state index contributed by atoms with van der Waals surface area (Å²) in [7, 11) is 1.29. The van der Waals surface area contributed by atoms with E-state index in [4.69, 9.17) is 14.6 Å². The van der Waals surface area contributed by atoms with Gasteiger partial charge in [-0.2, -0.15) is 0 Å². The Labute approximate surface area is 123 Å². The fourth-order valence-corrected chi connectivity index (χ4v) is 1.82. The van der Waals surface area contributed by atoms with Crippen LogP contribution in [0, 0.1) is 5.92 Å². The van der Waals surface area contributed by atoms with E-state index in [0.29, 0.717) is 23.8 Å². The van der Waals surface area contributed by atoms with Crippen molar-refractivity contribution in [3.05, 3.63) is 29.8 Å². The fourth-order valence-electron chi connectivity index (χ4n) is 1.82. The highest BCUT2D eigenvalue weighted by Gasteiger charge is 2.23. The van der Waals surface area contributed by atoms with Crippen LogP contribution in [0.15, 0.2) is 24.3 Å². The molecule has 114 valence electrons. The summed E-state index contributed by atoms with van der Waals surface area (Å²) in [6, 6.07) is 6.93. The van der Waals surface area contributed by atoms with Crippen molar-refractivity contribution in [2.45, 2.75) is 18.9 Å². The zero-order chi connectivity index (χ0) is 15.2. The number of rotatable bonds is 8. The molecule has 6 heteroatoms. The van der Waals surface area contributed by atoms with Crippen molar-refractivity contribution in [1.82, 2.24) is 5.32 Å². The van der Waals surface area contributed by atoms with Crippen LogP contribution in [0.25, 0.3) is 0 Å². The van der Waals surface area contributed by atoms with Crippen LogP contribution in [-0.2, 0) is 9.53 Å². The van der Waals surface area contributed by atoms with E-state index in [1.54, 1.807) is 24.3 Å². The maximum atomic E-state index is 12.1. The SMILES string of the molecule is COC(CNC(=O)c1ccccc1OCC1CC1)C(=O)O. The van der Waals surface area contributed by atoms with Crippen LogP contribution >= 0.6 is 0 Å². The van der Waals surface area contributed by atoms with Crippen LogP contribution < -0.4 is 10.1 Å². The van der Waals surface area contributed by atoms with Gasteiger partial charge in [0.2, 0.25) is 0 Å². The molecule has 0 spiro atoms. The van der Waals surface area contributed by atoms with E-state index >= 15 is 0 Å². The molecule has 1 saturated carbocycles. The first-order valence-corrected chi connectivity index (χ1v) is 6.87. The Morgan fingerprint density at radius 2 is 2.10 bits per heavy atom. The lowest BCUT2D eigenvalue weighted by atomic mass is 10.2. The predicted molar refractivity (Wildman–Crippen MR) is 75.4 cm³/mol. The van der Waals surface area contributed by atoms with Crippen LogP contribution in [0.3, 0.4) is 0 Å². The van der Waals surface area contributed by atoms with Crippen molar-refractivity contribution in [3.63, 3.8) is 0 Å². The Kier molecular flexibility index (Phi) is 5.16. The molecule has 0 aromatic heterocycles. The van der Waals surface area contributed by atoms with E-state index in [9.17, 15) is 9.59 Å². The summed E-state index contributed by atoms with van der Waals surface area (Å²) in [6.45, 7) is 0.516. The number of carbonyl (C=O) groups is 2. The zero-order valence-corrected chi connectivity index (χ0v) is 11.9. The molecule has 0 aliphatic heterocycles. The van der Waals surface area contributed by atoms with Crippen LogP contribution in [0.1, 0.15) is 23.2 Å². The smallest absolute Gasteiger partial charge is 0.334 e. The molecule has 1 atom stereocenters. The van der Waals surface area contributed by atoms with Gasteiger partial charge in [-0.1, -0.05) is 12.1 Å². The Balaban J connectivity index is 1.95. The number of hydrogen-bond acceptors (Lipinski definition) is 4. The van der Waals surface area contributed by atoms with Crippen LogP contribution in [-0.4, -0.2) is 43.3 Å². The standard InChI is InChI=1S/C15H19NO5/c1-20-13(15(18)19)8-16-14(17)11-4-2-3-5-12(11)21-9-10-6-7-10/h2-5,10,13H,6-9H2,1H3,(H,16,17)(H,18,19). The van der Waals surface area contributed by atoms with Crippen molar-refractivity contribution < 1.29 is 24.2 Å². The van der Waals surface area contributed by atoms with Crippen molar-refractivity contribution in [2.24, 2.45) is 5.92 Å². The van der Waals surface area contributed by atoms with E-state index in [1.807, 2.05) is 0 Å². The van der Waals surface area contributed by atoms with Gasteiger partial charge in [0.1, 0.15) is 5.75 Å². The molecule has 1 aromatic carbocycles. The first-order valence-electron chi connectivity index (χ1n) is 6.87. The third kappa shape index (κ3) is 4.46. The monoisotopic (exact) mass is 293 g/mol. The van der Waals surface area contributed by atoms with Gasteiger partial charge in [0.05, 0.1) is 18.7 Å². The van der Waals surface area contributed by atoms with E-state index < -0.39 is 12.1 Å². The quantitative estimate of drug-likeness (QED) is 0.754. The highest BCUT2D eigenvalue weighted by atomic mass is 16.5. The lowest BCUT2D eigenvalue weighted by molar-refractivity contribution is -0.148. The number of hydrogen-bond donors (Lipinski definition) is 2. The molecule has 6 nitrogen and oxygen atoms in total. The lowest BCUT2D eigenvalue weighted by Crippen LogP contribution is -2.37. The summed E-state index contributed by atoms with van der Waals surface area (Å²) < 4.78 is 10.4. The number of para-hydroxylation sites is 1. The van der Waals surface area contributed by atoms with Gasteiger partial charge < -0.3 is 19.9 Å². The number of aliphatic carboxylic acids is 1. The van der Waals surface area contributed by atoms with E-state index in [0.717, 1.165) is 0 Å². The maximum Gasteiger partial charge on any atom is 0.334 e. The van der Waals surface area contributed by atoms with Gasteiger partial charge in [0.15, 0.2) is 6.10 Å². The van der Waals surface area contributed by atoms with E-state index in [2.05, 4.69) is 5.32 Å². The molecule has 1 amide bonds. The molecular weight excluding hydrogens is 274 g/mol. The van der Waals surface area contributed by atoms with Gasteiger partial charge in [-0.05, 0) is 30.9 Å². The minimum atomic E-state index is -1.11. The van der Waals surface area contributed by atoms with Gasteiger partial charge in [-0.25, -0.2) is 4.79 Å². The summed E-state index contributed by atoms with van der Waals surface area (Å²) in [5.74, 6) is -0.377. The molecule has 1 unspecified atom stereocenters. The maximum absolute atomic E-state index is 12.1. The summed E-state index contributed by atoms with van der Waals surface area (Å²) in [5, 5.41) is 11.4. The molecule has 2 rings (SSSR count). The largest absolute Gasteiger partial charge is 0.492 e. The van der Waals surface area contributed by atoms with Gasteiger partial charge >= 0.3 is 5.97 Å². The molecule has 0 saturated heterocycles. The zero-order valence-electron chi connectivity index (χ0n) is 11.9. The average Bonchev–Trinajstić information content (AvgIpc) is 3.29. The van der Waals surface area contributed by atoms with E-state index in [-0.39, 0.29) is 12.5 Å². The number of benzene rings is 1. The summed E-state index contributed by atoms with van der Waals surface area (Å²) in [5.41, 5.74) is 0.401. The van der Waals surface area contributed by atoms with Gasteiger partial charge in [-0.3, -0.25) is 4.79 Å². The summed E-state index contributed by atoms with van der Waals surface area (Å²) >= 11 is 0. The van der Waals surface area contributed by atoms with Crippen molar-refractivity contribution in [2.75, 3.05) is 20.3 Å². The molecule has 1 aliphatic rings. The second-order valence-corrected chi connectivity index (χ2v) is 5.02. The molecule has 1 aliphatic carbocycles. The summed E-state index contributed by atoms with van der Waals surface area (Å²) in [4.78, 5) is 23.0. The minimum Gasteiger partial charge on any atom is -0.492 e. The number of carboxylic acids is 1. The first kappa shape index (κ1) is 15.3. The Morgan fingerprint density at radius 1 is 1.38 bits per heavy atom. The number of carboxylic acid groups (broad SMARTS) is 1. The molecule has 2 N–H and O–H groups in total. The molecular formula is C15H19NO5. The first-order chi connectivity index (χ1) is 10.1. The minimum absolute atomic E-state index is 0.0956. The fraction of sp³-hybridized carbons (Fsp3) is 0.467. The molecule has 0 heterocycles. The van der Waals surface area contributed by atoms with Gasteiger partial charge in [0, 0.05) is 7.11 Å². The third-order valence-electron chi connectivity index (χ3n) is 3.31. The van der Waals surface area contributed by atoms with Crippen LogP contribution in [0.2, 0.25) is 0 Å². The Hall–Kier alpha value is -2.08. The highest BCUT2D eigenvalue weighted by Crippen LogP contribution is 2.30. The molecule has 1 aromatic rings.